The van der Waals surface area contributed by atoms with E-state index < -0.39 is 0 Å². The quantitative estimate of drug-likeness (QED) is 0.785. The van der Waals surface area contributed by atoms with Crippen molar-refractivity contribution in [3.05, 3.63) is 21.9 Å². The first-order valence-electron chi connectivity index (χ1n) is 5.49. The summed E-state index contributed by atoms with van der Waals surface area (Å²) in [5.74, 6) is 0. The molecule has 2 unspecified atom stereocenters. The van der Waals surface area contributed by atoms with Crippen LogP contribution in [0, 0.1) is 5.41 Å². The van der Waals surface area contributed by atoms with Gasteiger partial charge in [-0.3, -0.25) is 0 Å². The molecule has 0 saturated heterocycles. The second-order valence-corrected chi connectivity index (χ2v) is 6.26. The van der Waals surface area contributed by atoms with E-state index >= 15 is 0 Å². The highest BCUT2D eigenvalue weighted by atomic mass is 32.1. The summed E-state index contributed by atoms with van der Waals surface area (Å²) < 4.78 is 0. The number of nitrogens with one attached hydrogen (secondary N) is 1. The number of fused-ring (bicyclic) bond motifs is 1. The molecule has 1 fully saturated rings. The van der Waals surface area contributed by atoms with Gasteiger partial charge >= 0.3 is 0 Å². The lowest BCUT2D eigenvalue weighted by atomic mass is 10.1. The van der Waals surface area contributed by atoms with Gasteiger partial charge in [-0.2, -0.15) is 0 Å². The van der Waals surface area contributed by atoms with Crippen LogP contribution >= 0.6 is 11.3 Å². The minimum absolute atomic E-state index is 0.556. The molecule has 1 heterocycles. The Balaban J connectivity index is 1.71. The maximum Gasteiger partial charge on any atom is 0.0423 e. The predicted molar refractivity (Wildman–Crippen MR) is 60.7 cm³/mol. The van der Waals surface area contributed by atoms with E-state index in [4.69, 9.17) is 0 Å². The van der Waals surface area contributed by atoms with Gasteiger partial charge in [-0.25, -0.2) is 0 Å². The molecule has 1 N–H and O–H groups in total. The van der Waals surface area contributed by atoms with Crippen LogP contribution in [0.5, 0.6) is 0 Å². The first-order valence-corrected chi connectivity index (χ1v) is 6.37. The first kappa shape index (κ1) is 8.93. The van der Waals surface area contributed by atoms with Gasteiger partial charge in [0, 0.05) is 17.0 Å². The van der Waals surface area contributed by atoms with Gasteiger partial charge in [0.25, 0.3) is 0 Å². The van der Waals surface area contributed by atoms with Crippen LogP contribution in [0.15, 0.2) is 11.4 Å². The van der Waals surface area contributed by atoms with Crippen molar-refractivity contribution < 1.29 is 0 Å². The standard InChI is InChI=1S/C12H17NS/c1-12(2)7-10(12)13-9-4-3-8-5-6-14-11(8)9/h5-6,9-10,13H,3-4,7H2,1-2H3. The molecule has 2 atom stereocenters. The van der Waals surface area contributed by atoms with Crippen molar-refractivity contribution in [2.75, 3.05) is 0 Å². The zero-order valence-electron chi connectivity index (χ0n) is 8.84. The highest BCUT2D eigenvalue weighted by Crippen LogP contribution is 2.47. The smallest absolute Gasteiger partial charge is 0.0423 e. The predicted octanol–water partition coefficient (Wildman–Crippen LogP) is 3.12. The van der Waals surface area contributed by atoms with E-state index in [2.05, 4.69) is 30.6 Å². The molecule has 1 nitrogen and oxygen atoms in total. The summed E-state index contributed by atoms with van der Waals surface area (Å²) >= 11 is 1.93. The Labute approximate surface area is 89.5 Å². The molecule has 0 bridgehead atoms. The molecule has 2 aliphatic carbocycles. The van der Waals surface area contributed by atoms with Crippen LogP contribution in [-0.2, 0) is 6.42 Å². The summed E-state index contributed by atoms with van der Waals surface area (Å²) in [5, 5.41) is 6.03. The third-order valence-corrected chi connectivity index (χ3v) is 4.79. The highest BCUT2D eigenvalue weighted by Gasteiger charge is 2.47. The Morgan fingerprint density at radius 1 is 1.50 bits per heavy atom. The number of rotatable bonds is 2. The summed E-state index contributed by atoms with van der Waals surface area (Å²) in [6.45, 7) is 4.71. The fraction of sp³-hybridized carbons (Fsp3) is 0.667. The van der Waals surface area contributed by atoms with Crippen molar-refractivity contribution >= 4 is 11.3 Å². The molecule has 0 radical (unpaired) electrons. The van der Waals surface area contributed by atoms with Crippen LogP contribution < -0.4 is 5.32 Å². The molecule has 14 heavy (non-hydrogen) atoms. The molecule has 2 heteroatoms. The van der Waals surface area contributed by atoms with Gasteiger partial charge in [0.2, 0.25) is 0 Å². The van der Waals surface area contributed by atoms with Crippen molar-refractivity contribution in [1.82, 2.24) is 5.32 Å². The minimum atomic E-state index is 0.556. The third-order valence-electron chi connectivity index (χ3n) is 3.72. The summed E-state index contributed by atoms with van der Waals surface area (Å²) in [7, 11) is 0. The maximum absolute atomic E-state index is 3.80. The SMILES string of the molecule is CC1(C)CC1NC1CCc2ccsc21. The van der Waals surface area contributed by atoms with Crippen LogP contribution in [0.1, 0.15) is 43.2 Å². The van der Waals surface area contributed by atoms with Gasteiger partial charge in [0.1, 0.15) is 0 Å². The Morgan fingerprint density at radius 2 is 2.29 bits per heavy atom. The molecular weight excluding hydrogens is 190 g/mol. The highest BCUT2D eigenvalue weighted by molar-refractivity contribution is 7.10. The van der Waals surface area contributed by atoms with Gasteiger partial charge in [-0.05, 0) is 41.7 Å². The molecule has 1 aromatic rings. The molecular formula is C12H17NS. The van der Waals surface area contributed by atoms with E-state index in [1.807, 2.05) is 11.3 Å². The topological polar surface area (TPSA) is 12.0 Å². The second-order valence-electron chi connectivity index (χ2n) is 5.31. The monoisotopic (exact) mass is 207 g/mol. The third kappa shape index (κ3) is 1.32. The molecule has 0 aliphatic heterocycles. The van der Waals surface area contributed by atoms with Gasteiger partial charge < -0.3 is 5.32 Å². The van der Waals surface area contributed by atoms with E-state index in [0.717, 1.165) is 6.04 Å². The fourth-order valence-electron chi connectivity index (χ4n) is 2.44. The van der Waals surface area contributed by atoms with Crippen molar-refractivity contribution in [2.45, 2.75) is 45.2 Å². The van der Waals surface area contributed by atoms with Crippen molar-refractivity contribution in [3.8, 4) is 0 Å². The van der Waals surface area contributed by atoms with E-state index in [1.165, 1.54) is 19.3 Å². The largest absolute Gasteiger partial charge is 0.306 e. The summed E-state index contributed by atoms with van der Waals surface area (Å²) in [4.78, 5) is 1.60. The molecule has 1 saturated carbocycles. The van der Waals surface area contributed by atoms with Gasteiger partial charge in [-0.15, -0.1) is 11.3 Å². The molecule has 1 aromatic heterocycles. The fourth-order valence-corrected chi connectivity index (χ4v) is 3.49. The van der Waals surface area contributed by atoms with Gasteiger partial charge in [-0.1, -0.05) is 13.8 Å². The summed E-state index contributed by atoms with van der Waals surface area (Å²) in [6.07, 6.45) is 3.95. The summed E-state index contributed by atoms with van der Waals surface area (Å²) in [5.41, 5.74) is 2.14. The zero-order valence-corrected chi connectivity index (χ0v) is 9.66. The lowest BCUT2D eigenvalue weighted by Gasteiger charge is -2.13. The van der Waals surface area contributed by atoms with Crippen LogP contribution in [-0.4, -0.2) is 6.04 Å². The Hall–Kier alpha value is -0.340. The van der Waals surface area contributed by atoms with Crippen molar-refractivity contribution in [3.63, 3.8) is 0 Å². The molecule has 2 aliphatic rings. The van der Waals surface area contributed by atoms with E-state index in [9.17, 15) is 0 Å². The van der Waals surface area contributed by atoms with Crippen LogP contribution in [0.3, 0.4) is 0 Å². The first-order chi connectivity index (χ1) is 6.67. The normalized spacial score (nSPS) is 33.0. The maximum atomic E-state index is 3.80. The second kappa shape index (κ2) is 2.83. The average molecular weight is 207 g/mol. The lowest BCUT2D eigenvalue weighted by molar-refractivity contribution is 0.472. The molecule has 0 amide bonds. The lowest BCUT2D eigenvalue weighted by Crippen LogP contribution is -2.24. The minimum Gasteiger partial charge on any atom is -0.306 e. The van der Waals surface area contributed by atoms with Gasteiger partial charge in [0.15, 0.2) is 0 Å². The zero-order chi connectivity index (χ0) is 9.76. The van der Waals surface area contributed by atoms with Gasteiger partial charge in [0.05, 0.1) is 0 Å². The van der Waals surface area contributed by atoms with E-state index in [-0.39, 0.29) is 0 Å². The van der Waals surface area contributed by atoms with E-state index in [1.54, 1.807) is 10.4 Å². The number of hydrogen-bond donors (Lipinski definition) is 1. The van der Waals surface area contributed by atoms with Crippen molar-refractivity contribution in [2.24, 2.45) is 5.41 Å². The molecule has 0 aromatic carbocycles. The van der Waals surface area contributed by atoms with Crippen molar-refractivity contribution in [1.29, 1.82) is 0 Å². The van der Waals surface area contributed by atoms with Crippen LogP contribution in [0.2, 0.25) is 0 Å². The summed E-state index contributed by atoms with van der Waals surface area (Å²) in [6, 6.07) is 3.72. The number of thiophene rings is 1. The molecule has 76 valence electrons. The Kier molecular flexibility index (Phi) is 1.80. The number of hydrogen-bond acceptors (Lipinski definition) is 2. The Morgan fingerprint density at radius 3 is 3.00 bits per heavy atom. The molecule has 3 rings (SSSR count). The Bertz CT molecular complexity index is 353. The van der Waals surface area contributed by atoms with Crippen LogP contribution in [0.25, 0.3) is 0 Å². The average Bonchev–Trinajstić information content (AvgIpc) is 2.56. The number of aryl methyl sites for hydroxylation is 1. The molecule has 0 spiro atoms. The van der Waals surface area contributed by atoms with Crippen LogP contribution in [0.4, 0.5) is 0 Å². The van der Waals surface area contributed by atoms with E-state index in [0.29, 0.717) is 11.5 Å².